The quantitative estimate of drug-likeness (QED) is 0.579. The summed E-state index contributed by atoms with van der Waals surface area (Å²) in [5, 5.41) is 0. The van der Waals surface area contributed by atoms with Gasteiger partial charge in [-0.2, -0.15) is 0 Å². The number of hydrogen-bond acceptors (Lipinski definition) is 3. The first-order chi connectivity index (χ1) is 13.8. The predicted octanol–water partition coefficient (Wildman–Crippen LogP) is 4.93. The Morgan fingerprint density at radius 2 is 1.57 bits per heavy atom. The van der Waals surface area contributed by atoms with E-state index in [9.17, 15) is 4.39 Å². The normalized spacial score (nSPS) is 15.5. The van der Waals surface area contributed by atoms with E-state index in [4.69, 9.17) is 9.47 Å². The maximum absolute atomic E-state index is 12.4. The fraction of sp³-hybridized carbons (Fsp3) is 0.500. The summed E-state index contributed by atoms with van der Waals surface area (Å²) in [6, 6.07) is 16.4. The molecule has 152 valence electrons. The van der Waals surface area contributed by atoms with Gasteiger partial charge in [-0.25, -0.2) is 4.39 Å². The lowest BCUT2D eigenvalue weighted by atomic mass is 9.90. The first-order valence-electron chi connectivity index (χ1n) is 10.4. The summed E-state index contributed by atoms with van der Waals surface area (Å²) in [6.07, 6.45) is 5.72. The lowest BCUT2D eigenvalue weighted by molar-refractivity contribution is 0.180. The Kier molecular flexibility index (Phi) is 8.16. The molecule has 0 amide bonds. The van der Waals surface area contributed by atoms with Crippen LogP contribution in [0, 0.1) is 5.92 Å². The third-order valence-corrected chi connectivity index (χ3v) is 5.73. The third-order valence-electron chi connectivity index (χ3n) is 5.73. The van der Waals surface area contributed by atoms with Crippen molar-refractivity contribution in [1.82, 2.24) is 4.90 Å². The van der Waals surface area contributed by atoms with Crippen LogP contribution in [0.5, 0.6) is 11.5 Å². The molecule has 0 aromatic heterocycles. The van der Waals surface area contributed by atoms with E-state index < -0.39 is 6.67 Å². The number of alkyl halides is 1. The van der Waals surface area contributed by atoms with E-state index in [-0.39, 0.29) is 6.61 Å². The molecule has 3 nitrogen and oxygen atoms in total. The van der Waals surface area contributed by atoms with E-state index in [1.807, 2.05) is 30.3 Å². The number of halogens is 1. The van der Waals surface area contributed by atoms with Gasteiger partial charge in [-0.15, -0.1) is 0 Å². The van der Waals surface area contributed by atoms with Crippen LogP contribution in [-0.4, -0.2) is 44.9 Å². The van der Waals surface area contributed by atoms with Crippen molar-refractivity contribution in [2.75, 3.05) is 40.0 Å². The first-order valence-corrected chi connectivity index (χ1v) is 10.4. The smallest absolute Gasteiger partial charge is 0.123 e. The summed E-state index contributed by atoms with van der Waals surface area (Å²) < 4.78 is 23.4. The van der Waals surface area contributed by atoms with Crippen LogP contribution in [0.1, 0.15) is 30.4 Å². The topological polar surface area (TPSA) is 21.7 Å². The Bertz CT molecular complexity index is 713. The molecule has 1 aliphatic heterocycles. The van der Waals surface area contributed by atoms with Gasteiger partial charge in [0.2, 0.25) is 0 Å². The molecule has 1 saturated heterocycles. The van der Waals surface area contributed by atoms with Crippen molar-refractivity contribution in [3.05, 3.63) is 59.7 Å². The summed E-state index contributed by atoms with van der Waals surface area (Å²) in [6.45, 7) is 3.12. The van der Waals surface area contributed by atoms with Crippen LogP contribution in [-0.2, 0) is 12.8 Å². The van der Waals surface area contributed by atoms with Gasteiger partial charge in [-0.3, -0.25) is 0 Å². The highest BCUT2D eigenvalue weighted by Crippen LogP contribution is 2.26. The lowest BCUT2D eigenvalue weighted by Gasteiger charge is -2.32. The van der Waals surface area contributed by atoms with E-state index >= 15 is 0 Å². The molecule has 28 heavy (non-hydrogen) atoms. The zero-order chi connectivity index (χ0) is 19.6. The number of methoxy groups -OCH3 is 1. The number of aryl methyl sites for hydroxylation is 1. The number of piperidine rings is 1. The Morgan fingerprint density at radius 1 is 0.929 bits per heavy atom. The molecule has 0 bridgehead atoms. The van der Waals surface area contributed by atoms with Gasteiger partial charge in [0.25, 0.3) is 0 Å². The number of hydrogen-bond donors (Lipinski definition) is 0. The van der Waals surface area contributed by atoms with Crippen LogP contribution in [0.15, 0.2) is 48.5 Å². The maximum atomic E-state index is 12.4. The molecule has 0 N–H and O–H groups in total. The molecule has 0 radical (unpaired) electrons. The Morgan fingerprint density at radius 3 is 2.25 bits per heavy atom. The number of rotatable bonds is 10. The van der Waals surface area contributed by atoms with Crippen LogP contribution in [0.4, 0.5) is 4.39 Å². The van der Waals surface area contributed by atoms with E-state index in [0.717, 1.165) is 36.8 Å². The van der Waals surface area contributed by atoms with Crippen LogP contribution in [0.3, 0.4) is 0 Å². The van der Waals surface area contributed by atoms with Gasteiger partial charge in [-0.1, -0.05) is 36.4 Å². The standard InChI is InChI=1S/C24H32FNO2/c1-27-23-8-4-2-7-22(23)14-18-26-16-12-20(13-17-26)10-11-21-6-3-5-9-24(21)28-19-15-25/h2-9,20H,10-19H2,1H3. The molecule has 1 aliphatic rings. The number of nitrogens with zero attached hydrogens (tertiary/aromatic N) is 1. The monoisotopic (exact) mass is 385 g/mol. The SMILES string of the molecule is COc1ccccc1CCN1CCC(CCc2ccccc2OCCF)CC1. The molecule has 0 saturated carbocycles. The highest BCUT2D eigenvalue weighted by atomic mass is 19.1. The second kappa shape index (κ2) is 11.1. The van der Waals surface area contributed by atoms with E-state index in [1.165, 1.54) is 43.5 Å². The van der Waals surface area contributed by atoms with Crippen molar-refractivity contribution in [1.29, 1.82) is 0 Å². The van der Waals surface area contributed by atoms with Crippen LogP contribution < -0.4 is 9.47 Å². The van der Waals surface area contributed by atoms with Gasteiger partial charge < -0.3 is 14.4 Å². The van der Waals surface area contributed by atoms with Gasteiger partial charge in [-0.05, 0) is 74.4 Å². The minimum atomic E-state index is -0.443. The molecule has 0 atom stereocenters. The van der Waals surface area contributed by atoms with Crippen molar-refractivity contribution < 1.29 is 13.9 Å². The van der Waals surface area contributed by atoms with Crippen LogP contribution in [0.25, 0.3) is 0 Å². The summed E-state index contributed by atoms with van der Waals surface area (Å²) >= 11 is 0. The Labute approximate surface area is 168 Å². The molecule has 0 aliphatic carbocycles. The van der Waals surface area contributed by atoms with Crippen molar-refractivity contribution in [2.24, 2.45) is 5.92 Å². The van der Waals surface area contributed by atoms with Crippen molar-refractivity contribution >= 4 is 0 Å². The predicted molar refractivity (Wildman–Crippen MR) is 112 cm³/mol. The number of para-hydroxylation sites is 2. The highest BCUT2D eigenvalue weighted by molar-refractivity contribution is 5.34. The minimum Gasteiger partial charge on any atom is -0.496 e. The summed E-state index contributed by atoms with van der Waals surface area (Å²) in [5.41, 5.74) is 2.49. The van der Waals surface area contributed by atoms with E-state index in [2.05, 4.69) is 23.1 Å². The lowest BCUT2D eigenvalue weighted by Crippen LogP contribution is -2.35. The number of ether oxygens (including phenoxy) is 2. The molecule has 2 aromatic rings. The average molecular weight is 386 g/mol. The summed E-state index contributed by atoms with van der Waals surface area (Å²) in [5.74, 6) is 2.59. The van der Waals surface area contributed by atoms with Gasteiger partial charge >= 0.3 is 0 Å². The molecular formula is C24H32FNO2. The second-order valence-electron chi connectivity index (χ2n) is 7.53. The van der Waals surface area contributed by atoms with Crippen LogP contribution in [0.2, 0.25) is 0 Å². The van der Waals surface area contributed by atoms with Gasteiger partial charge in [0.1, 0.15) is 24.8 Å². The molecule has 0 spiro atoms. The van der Waals surface area contributed by atoms with Gasteiger partial charge in [0, 0.05) is 6.54 Å². The fourth-order valence-corrected chi connectivity index (χ4v) is 4.05. The number of likely N-dealkylation sites (tertiary alicyclic amines) is 1. The third kappa shape index (κ3) is 5.96. The van der Waals surface area contributed by atoms with Gasteiger partial charge in [0.15, 0.2) is 0 Å². The second-order valence-corrected chi connectivity index (χ2v) is 7.53. The largest absolute Gasteiger partial charge is 0.496 e. The highest BCUT2D eigenvalue weighted by Gasteiger charge is 2.19. The fourth-order valence-electron chi connectivity index (χ4n) is 4.05. The molecule has 1 heterocycles. The molecule has 1 fully saturated rings. The maximum Gasteiger partial charge on any atom is 0.123 e. The molecule has 0 unspecified atom stereocenters. The number of benzene rings is 2. The summed E-state index contributed by atoms with van der Waals surface area (Å²) in [4.78, 5) is 2.57. The van der Waals surface area contributed by atoms with Crippen molar-refractivity contribution in [3.63, 3.8) is 0 Å². The van der Waals surface area contributed by atoms with Crippen LogP contribution >= 0.6 is 0 Å². The first kappa shape index (κ1) is 20.7. The van der Waals surface area contributed by atoms with Crippen molar-refractivity contribution in [2.45, 2.75) is 32.1 Å². The molecular weight excluding hydrogens is 353 g/mol. The minimum absolute atomic E-state index is 0.140. The Balaban J connectivity index is 1.41. The zero-order valence-electron chi connectivity index (χ0n) is 16.9. The van der Waals surface area contributed by atoms with Crippen molar-refractivity contribution in [3.8, 4) is 11.5 Å². The van der Waals surface area contributed by atoms with E-state index in [1.54, 1.807) is 7.11 Å². The molecule has 4 heteroatoms. The van der Waals surface area contributed by atoms with Gasteiger partial charge in [0.05, 0.1) is 7.11 Å². The van der Waals surface area contributed by atoms with E-state index in [0.29, 0.717) is 0 Å². The summed E-state index contributed by atoms with van der Waals surface area (Å²) in [7, 11) is 1.74. The Hall–Kier alpha value is -2.07. The molecule has 3 rings (SSSR count). The zero-order valence-corrected chi connectivity index (χ0v) is 16.9. The molecule has 2 aromatic carbocycles. The average Bonchev–Trinajstić information content (AvgIpc) is 2.76.